The number of ether oxygens (including phenoxy) is 3. The van der Waals surface area contributed by atoms with Gasteiger partial charge in [0.15, 0.2) is 5.78 Å². The molecule has 2 aliphatic rings. The highest BCUT2D eigenvalue weighted by Crippen LogP contribution is 2.36. The number of anilines is 1. The molecule has 7 heteroatoms. The summed E-state index contributed by atoms with van der Waals surface area (Å²) in [4.78, 5) is 24.5. The summed E-state index contributed by atoms with van der Waals surface area (Å²) in [7, 11) is 1.57. The highest BCUT2D eigenvalue weighted by atomic mass is 16.5. The van der Waals surface area contributed by atoms with Gasteiger partial charge < -0.3 is 24.6 Å². The first-order valence-corrected chi connectivity index (χ1v) is 13.4. The van der Waals surface area contributed by atoms with E-state index in [1.54, 1.807) is 14.0 Å². The summed E-state index contributed by atoms with van der Waals surface area (Å²) in [5.74, 6) is -0.392. The first-order valence-electron chi connectivity index (χ1n) is 13.4. The smallest absolute Gasteiger partial charge is 0.329 e. The fourth-order valence-corrected chi connectivity index (χ4v) is 5.83. The largest absolute Gasteiger partial charge is 0.496 e. The summed E-state index contributed by atoms with van der Waals surface area (Å²) >= 11 is 0. The predicted octanol–water partition coefficient (Wildman–Crippen LogP) is 5.60. The maximum Gasteiger partial charge on any atom is 0.329 e. The Morgan fingerprint density at radius 3 is 2.36 bits per heavy atom. The van der Waals surface area contributed by atoms with Crippen molar-refractivity contribution in [3.05, 3.63) is 82.4 Å². The lowest BCUT2D eigenvalue weighted by Gasteiger charge is -2.35. The Hall–Kier alpha value is -3.68. The van der Waals surface area contributed by atoms with Gasteiger partial charge in [0.25, 0.3) is 0 Å². The molecule has 7 nitrogen and oxygen atoms in total. The Morgan fingerprint density at radius 2 is 1.74 bits per heavy atom. The number of nitrogens with one attached hydrogen (secondary N) is 1. The van der Waals surface area contributed by atoms with Crippen molar-refractivity contribution in [1.29, 1.82) is 0 Å². The third-order valence-corrected chi connectivity index (χ3v) is 7.92. The molecular weight excluding hydrogens is 494 g/mol. The zero-order valence-corrected chi connectivity index (χ0v) is 22.7. The number of benzene rings is 3. The number of hydrogen-bond acceptors (Lipinski definition) is 6. The van der Waals surface area contributed by atoms with E-state index in [0.717, 1.165) is 40.8 Å². The number of ketones is 1. The Balaban J connectivity index is 1.49. The predicted molar refractivity (Wildman–Crippen MR) is 150 cm³/mol. The number of carboxylic acid groups (broad SMARTS) is 1. The van der Waals surface area contributed by atoms with Crippen LogP contribution in [0.15, 0.2) is 54.6 Å². The summed E-state index contributed by atoms with van der Waals surface area (Å²) in [6.07, 6.45) is 2.58. The number of fused-ring (bicyclic) bond motifs is 1. The maximum atomic E-state index is 12.3. The van der Waals surface area contributed by atoms with E-state index in [1.807, 2.05) is 37.3 Å². The minimum atomic E-state index is -1.08. The molecule has 0 atom stereocenters. The number of carbonyl (C=O) groups is 2. The highest BCUT2D eigenvalue weighted by molar-refractivity contribution is 5.99. The molecule has 0 amide bonds. The summed E-state index contributed by atoms with van der Waals surface area (Å²) < 4.78 is 17.5. The first-order chi connectivity index (χ1) is 18.8. The van der Waals surface area contributed by atoms with Crippen LogP contribution >= 0.6 is 0 Å². The van der Waals surface area contributed by atoms with Gasteiger partial charge in [0.1, 0.15) is 11.3 Å². The van der Waals surface area contributed by atoms with E-state index >= 15 is 0 Å². The van der Waals surface area contributed by atoms with Crippen LogP contribution in [0.2, 0.25) is 0 Å². The van der Waals surface area contributed by atoms with Crippen molar-refractivity contribution in [2.24, 2.45) is 0 Å². The van der Waals surface area contributed by atoms with E-state index in [4.69, 9.17) is 14.2 Å². The third-order valence-electron chi connectivity index (χ3n) is 7.92. The molecule has 0 unspecified atom stereocenters. The van der Waals surface area contributed by atoms with Crippen molar-refractivity contribution in [2.45, 2.75) is 57.8 Å². The molecule has 204 valence electrons. The van der Waals surface area contributed by atoms with Gasteiger partial charge in [0.2, 0.25) is 0 Å². The van der Waals surface area contributed by atoms with Crippen LogP contribution in [0.3, 0.4) is 0 Å². The van der Waals surface area contributed by atoms with Crippen LogP contribution in [0, 0.1) is 6.92 Å². The van der Waals surface area contributed by atoms with Crippen LogP contribution in [-0.2, 0) is 33.7 Å². The standard InChI is InChI=1S/C32H35NO6/c1-20-14-24(18-29(37-3)30(20)21(2)34)28-9-8-26(33-32(31(35)36)10-12-38-13-11-32)15-25(28)19-39-27-16-22-6-4-5-7-23(22)17-27/h4-9,14-15,18,27,33H,10-13,16-17,19H2,1-3H3,(H,35,36). The van der Waals surface area contributed by atoms with Crippen molar-refractivity contribution in [3.8, 4) is 16.9 Å². The Morgan fingerprint density at radius 1 is 1.05 bits per heavy atom. The van der Waals surface area contributed by atoms with Gasteiger partial charge in [-0.1, -0.05) is 36.4 Å². The number of Topliss-reactive ketones (excluding diaryl/α,β-unsaturated/α-hetero) is 1. The summed E-state index contributed by atoms with van der Waals surface area (Å²) in [6.45, 7) is 4.61. The molecule has 39 heavy (non-hydrogen) atoms. The van der Waals surface area contributed by atoms with Crippen LogP contribution in [0.25, 0.3) is 11.1 Å². The number of carbonyl (C=O) groups excluding carboxylic acids is 1. The molecule has 0 saturated carbocycles. The second-order valence-electron chi connectivity index (χ2n) is 10.5. The van der Waals surface area contributed by atoms with E-state index in [1.165, 1.54) is 11.1 Å². The molecule has 0 spiro atoms. The van der Waals surface area contributed by atoms with Gasteiger partial charge in [-0.25, -0.2) is 4.79 Å². The van der Waals surface area contributed by atoms with Crippen LogP contribution in [-0.4, -0.2) is 48.8 Å². The van der Waals surface area contributed by atoms with Gasteiger partial charge in [-0.2, -0.15) is 0 Å². The molecule has 1 aliphatic heterocycles. The lowest BCUT2D eigenvalue weighted by atomic mass is 9.89. The van der Waals surface area contributed by atoms with Crippen molar-refractivity contribution in [2.75, 3.05) is 25.6 Å². The van der Waals surface area contributed by atoms with Crippen LogP contribution in [0.1, 0.15) is 52.4 Å². The van der Waals surface area contributed by atoms with Gasteiger partial charge >= 0.3 is 5.97 Å². The second kappa shape index (κ2) is 11.2. The van der Waals surface area contributed by atoms with Crippen molar-refractivity contribution >= 4 is 17.4 Å². The normalized spacial score (nSPS) is 16.5. The number of hydrogen-bond donors (Lipinski definition) is 2. The Kier molecular flexibility index (Phi) is 7.73. The molecule has 0 aromatic heterocycles. The third kappa shape index (κ3) is 5.56. The maximum absolute atomic E-state index is 12.3. The molecule has 3 aromatic rings. The number of aliphatic carboxylic acids is 1. The van der Waals surface area contributed by atoms with E-state index in [2.05, 4.69) is 29.6 Å². The topological polar surface area (TPSA) is 94.1 Å². The Labute approximate surface area is 229 Å². The highest BCUT2D eigenvalue weighted by Gasteiger charge is 2.40. The van der Waals surface area contributed by atoms with Crippen molar-refractivity contribution in [1.82, 2.24) is 0 Å². The monoisotopic (exact) mass is 529 g/mol. The van der Waals surface area contributed by atoms with Crippen molar-refractivity contribution < 1.29 is 28.9 Å². The molecule has 3 aromatic carbocycles. The SMILES string of the molecule is COc1cc(-c2ccc(NC3(C(=O)O)CCOCC3)cc2COC2Cc3ccccc3C2)cc(C)c1C(C)=O. The molecule has 1 heterocycles. The second-order valence-corrected chi connectivity index (χ2v) is 10.5. The first kappa shape index (κ1) is 26.9. The van der Waals surface area contributed by atoms with E-state index in [0.29, 0.717) is 44.0 Å². The van der Waals surface area contributed by atoms with Gasteiger partial charge in [0.05, 0.1) is 25.4 Å². The summed E-state index contributed by atoms with van der Waals surface area (Å²) in [6, 6.07) is 18.2. The van der Waals surface area contributed by atoms with Gasteiger partial charge in [-0.05, 0) is 78.3 Å². The fraction of sp³-hybridized carbons (Fsp3) is 0.375. The van der Waals surface area contributed by atoms with Gasteiger partial charge in [-0.3, -0.25) is 4.79 Å². The zero-order chi connectivity index (χ0) is 27.6. The number of methoxy groups -OCH3 is 1. The minimum absolute atomic E-state index is 0.0461. The molecule has 1 saturated heterocycles. The van der Waals surface area contributed by atoms with E-state index in [9.17, 15) is 14.7 Å². The van der Waals surface area contributed by atoms with E-state index in [-0.39, 0.29) is 11.9 Å². The minimum Gasteiger partial charge on any atom is -0.496 e. The van der Waals surface area contributed by atoms with Crippen LogP contribution in [0.5, 0.6) is 5.75 Å². The average molecular weight is 530 g/mol. The average Bonchev–Trinajstić information content (AvgIpc) is 3.35. The molecule has 1 fully saturated rings. The lowest BCUT2D eigenvalue weighted by Crippen LogP contribution is -2.50. The van der Waals surface area contributed by atoms with Crippen molar-refractivity contribution in [3.63, 3.8) is 0 Å². The number of rotatable bonds is 9. The van der Waals surface area contributed by atoms with Gasteiger partial charge in [0, 0.05) is 31.7 Å². The molecule has 0 bridgehead atoms. The zero-order valence-electron chi connectivity index (χ0n) is 22.7. The fourth-order valence-electron chi connectivity index (χ4n) is 5.83. The van der Waals surface area contributed by atoms with Gasteiger partial charge in [-0.15, -0.1) is 0 Å². The summed E-state index contributed by atoms with van der Waals surface area (Å²) in [5, 5.41) is 13.4. The summed E-state index contributed by atoms with van der Waals surface area (Å²) in [5.41, 5.74) is 6.49. The molecule has 5 rings (SSSR count). The quantitative estimate of drug-likeness (QED) is 0.348. The van der Waals surface area contributed by atoms with Crippen LogP contribution in [0.4, 0.5) is 5.69 Å². The number of aryl methyl sites for hydroxylation is 1. The molecule has 2 N–H and O–H groups in total. The molecular formula is C32H35NO6. The Bertz CT molecular complexity index is 1370. The number of carboxylic acids is 1. The van der Waals surface area contributed by atoms with Crippen LogP contribution < -0.4 is 10.1 Å². The van der Waals surface area contributed by atoms with E-state index < -0.39 is 11.5 Å². The molecule has 1 aliphatic carbocycles. The lowest BCUT2D eigenvalue weighted by molar-refractivity contribution is -0.145. The molecule has 0 radical (unpaired) electrons.